The summed E-state index contributed by atoms with van der Waals surface area (Å²) in [5.41, 5.74) is 2.64. The van der Waals surface area contributed by atoms with Gasteiger partial charge in [-0.15, -0.1) is 0 Å². The molecule has 1 aromatic heterocycles. The molecule has 0 saturated carbocycles. The summed E-state index contributed by atoms with van der Waals surface area (Å²) < 4.78 is 27.3. The van der Waals surface area contributed by atoms with E-state index in [1.807, 2.05) is 13.8 Å². The largest absolute Gasteiger partial charge is 0.375 e. The van der Waals surface area contributed by atoms with E-state index < -0.39 is 14.9 Å². The van der Waals surface area contributed by atoms with E-state index in [0.717, 1.165) is 48.7 Å². The first-order chi connectivity index (χ1) is 13.3. The number of nitro groups is 1. The smallest absolute Gasteiger partial charge is 0.293 e. The molecule has 1 fully saturated rings. The Bertz CT molecular complexity index is 943. The molecule has 1 aliphatic rings. The number of anilines is 1. The minimum absolute atomic E-state index is 0.0395. The zero-order chi connectivity index (χ0) is 20.3. The van der Waals surface area contributed by atoms with Crippen LogP contribution in [0.15, 0.2) is 23.1 Å². The highest BCUT2D eigenvalue weighted by Crippen LogP contribution is 2.30. The Morgan fingerprint density at radius 1 is 1.21 bits per heavy atom. The minimum Gasteiger partial charge on any atom is -0.375 e. The van der Waals surface area contributed by atoms with Crippen molar-refractivity contribution in [1.29, 1.82) is 0 Å². The molecule has 10 heteroatoms. The second-order valence-corrected chi connectivity index (χ2v) is 8.96. The van der Waals surface area contributed by atoms with Crippen molar-refractivity contribution in [2.24, 2.45) is 0 Å². The molecule has 0 bridgehead atoms. The van der Waals surface area contributed by atoms with Gasteiger partial charge >= 0.3 is 0 Å². The number of hydrogen-bond donors (Lipinski definition) is 2. The van der Waals surface area contributed by atoms with Crippen molar-refractivity contribution in [3.63, 3.8) is 0 Å². The Kier molecular flexibility index (Phi) is 5.99. The van der Waals surface area contributed by atoms with E-state index in [9.17, 15) is 18.5 Å². The summed E-state index contributed by atoms with van der Waals surface area (Å²) >= 11 is 0. The first-order valence-electron chi connectivity index (χ1n) is 9.33. The lowest BCUT2D eigenvalue weighted by atomic mass is 10.2. The number of benzene rings is 1. The summed E-state index contributed by atoms with van der Waals surface area (Å²) in [5.74, 6) is 0. The summed E-state index contributed by atoms with van der Waals surface area (Å²) in [6.45, 7) is 4.99. The molecule has 2 N–H and O–H groups in total. The topological polar surface area (TPSA) is 121 Å². The maximum atomic E-state index is 12.9. The average Bonchev–Trinajstić information content (AvgIpc) is 2.87. The molecule has 1 saturated heterocycles. The number of sulfonamides is 1. The van der Waals surface area contributed by atoms with Crippen molar-refractivity contribution in [3.8, 4) is 0 Å². The Hall–Kier alpha value is -2.46. The Balaban J connectivity index is 1.87. The highest BCUT2D eigenvalue weighted by molar-refractivity contribution is 7.89. The zero-order valence-electron chi connectivity index (χ0n) is 16.1. The van der Waals surface area contributed by atoms with Crippen LogP contribution in [0.2, 0.25) is 0 Å². The number of nitrogens with zero attached hydrogens (tertiary/aromatic N) is 3. The molecule has 152 valence electrons. The van der Waals surface area contributed by atoms with E-state index in [1.165, 1.54) is 16.4 Å². The lowest BCUT2D eigenvalue weighted by Gasteiger charge is -2.20. The number of hydrogen-bond acceptors (Lipinski definition) is 6. The summed E-state index contributed by atoms with van der Waals surface area (Å²) in [4.78, 5) is 11.0. The maximum absolute atomic E-state index is 12.9. The normalized spacial score (nSPS) is 15.9. The summed E-state index contributed by atoms with van der Waals surface area (Å²) in [7, 11) is -3.74. The van der Waals surface area contributed by atoms with Gasteiger partial charge in [0, 0.05) is 37.0 Å². The van der Waals surface area contributed by atoms with Gasteiger partial charge in [0.2, 0.25) is 10.0 Å². The van der Waals surface area contributed by atoms with Gasteiger partial charge in [-0.05, 0) is 38.8 Å². The molecule has 1 aromatic carbocycles. The molecule has 2 aromatic rings. The first kappa shape index (κ1) is 20.3. The third-order valence-electron chi connectivity index (χ3n) is 5.11. The molecular weight excluding hydrogens is 382 g/mol. The van der Waals surface area contributed by atoms with Gasteiger partial charge in [-0.2, -0.15) is 9.40 Å². The Morgan fingerprint density at radius 2 is 1.89 bits per heavy atom. The standard InChI is InChI=1S/C18H25N5O4S/c1-13-16(14(2)21-20-13)12-19-17-8-7-15(11-18(17)23(24)25)28(26,27)22-9-5-3-4-6-10-22/h7-8,11,19H,3-6,9-10,12H2,1-2H3,(H,20,21). The minimum atomic E-state index is -3.74. The van der Waals surface area contributed by atoms with E-state index >= 15 is 0 Å². The fraction of sp³-hybridized carbons (Fsp3) is 0.500. The molecule has 2 heterocycles. The number of aromatic nitrogens is 2. The lowest BCUT2D eigenvalue weighted by Crippen LogP contribution is -2.32. The van der Waals surface area contributed by atoms with E-state index in [1.54, 1.807) is 0 Å². The van der Waals surface area contributed by atoms with Crippen molar-refractivity contribution in [1.82, 2.24) is 14.5 Å². The van der Waals surface area contributed by atoms with Crippen LogP contribution < -0.4 is 5.32 Å². The molecule has 3 rings (SSSR count). The maximum Gasteiger partial charge on any atom is 0.293 e. The van der Waals surface area contributed by atoms with Gasteiger partial charge in [0.15, 0.2) is 0 Å². The fourth-order valence-electron chi connectivity index (χ4n) is 3.42. The third-order valence-corrected chi connectivity index (χ3v) is 7.00. The van der Waals surface area contributed by atoms with Gasteiger partial charge in [-0.25, -0.2) is 8.42 Å². The summed E-state index contributed by atoms with van der Waals surface area (Å²) in [6, 6.07) is 4.05. The average molecular weight is 407 g/mol. The van der Waals surface area contributed by atoms with Gasteiger partial charge in [0.1, 0.15) is 5.69 Å². The summed E-state index contributed by atoms with van der Waals surface area (Å²) in [6.07, 6.45) is 3.62. The molecule has 0 unspecified atom stereocenters. The van der Waals surface area contributed by atoms with E-state index in [0.29, 0.717) is 19.6 Å². The zero-order valence-corrected chi connectivity index (χ0v) is 16.9. The molecule has 9 nitrogen and oxygen atoms in total. The second-order valence-electron chi connectivity index (χ2n) is 7.02. The van der Waals surface area contributed by atoms with Crippen molar-refractivity contribution in [2.45, 2.75) is 51.0 Å². The van der Waals surface area contributed by atoms with Crippen LogP contribution in [0.5, 0.6) is 0 Å². The van der Waals surface area contributed by atoms with Crippen LogP contribution in [0.1, 0.15) is 42.6 Å². The second kappa shape index (κ2) is 8.27. The molecule has 0 atom stereocenters. The van der Waals surface area contributed by atoms with E-state index in [2.05, 4.69) is 15.5 Å². The number of rotatable bonds is 6. The van der Waals surface area contributed by atoms with Crippen LogP contribution in [-0.4, -0.2) is 40.9 Å². The van der Waals surface area contributed by atoms with Crippen LogP contribution in [-0.2, 0) is 16.6 Å². The first-order valence-corrected chi connectivity index (χ1v) is 10.8. The van der Waals surface area contributed by atoms with Gasteiger partial charge in [-0.1, -0.05) is 12.8 Å². The molecule has 0 aliphatic carbocycles. The predicted octanol–water partition coefficient (Wildman–Crippen LogP) is 3.11. The highest BCUT2D eigenvalue weighted by atomic mass is 32.2. The molecular formula is C18H25N5O4S. The number of aromatic amines is 1. The number of H-pyrrole nitrogens is 1. The van der Waals surface area contributed by atoms with Crippen LogP contribution in [0, 0.1) is 24.0 Å². The van der Waals surface area contributed by atoms with Crippen molar-refractivity contribution < 1.29 is 13.3 Å². The van der Waals surface area contributed by atoms with Crippen LogP contribution in [0.4, 0.5) is 11.4 Å². The van der Waals surface area contributed by atoms with E-state index in [4.69, 9.17) is 0 Å². The Labute approximate surface area is 164 Å². The molecule has 0 spiro atoms. The van der Waals surface area contributed by atoms with Gasteiger partial charge in [0.05, 0.1) is 15.5 Å². The predicted molar refractivity (Wildman–Crippen MR) is 106 cm³/mol. The fourth-order valence-corrected chi connectivity index (χ4v) is 4.96. The van der Waals surface area contributed by atoms with Crippen LogP contribution in [0.25, 0.3) is 0 Å². The number of aryl methyl sites for hydroxylation is 2. The molecule has 1 aliphatic heterocycles. The Morgan fingerprint density at radius 3 is 2.46 bits per heavy atom. The lowest BCUT2D eigenvalue weighted by molar-refractivity contribution is -0.384. The summed E-state index contributed by atoms with van der Waals surface area (Å²) in [5, 5.41) is 21.6. The number of nitrogens with one attached hydrogen (secondary N) is 2. The van der Waals surface area contributed by atoms with Crippen molar-refractivity contribution >= 4 is 21.4 Å². The van der Waals surface area contributed by atoms with E-state index in [-0.39, 0.29) is 16.3 Å². The number of nitro benzene ring substituents is 1. The van der Waals surface area contributed by atoms with Crippen LogP contribution in [0.3, 0.4) is 0 Å². The van der Waals surface area contributed by atoms with Crippen molar-refractivity contribution in [2.75, 3.05) is 18.4 Å². The van der Waals surface area contributed by atoms with Crippen molar-refractivity contribution in [3.05, 3.63) is 45.3 Å². The molecule has 0 amide bonds. The highest BCUT2D eigenvalue weighted by Gasteiger charge is 2.28. The molecule has 28 heavy (non-hydrogen) atoms. The van der Waals surface area contributed by atoms with Gasteiger partial charge in [-0.3, -0.25) is 15.2 Å². The van der Waals surface area contributed by atoms with Gasteiger partial charge < -0.3 is 5.32 Å². The van der Waals surface area contributed by atoms with Crippen LogP contribution >= 0.6 is 0 Å². The van der Waals surface area contributed by atoms with Gasteiger partial charge in [0.25, 0.3) is 5.69 Å². The monoisotopic (exact) mass is 407 g/mol. The third kappa shape index (κ3) is 4.17. The molecule has 0 radical (unpaired) electrons. The SMILES string of the molecule is Cc1n[nH]c(C)c1CNc1ccc(S(=O)(=O)N2CCCCCC2)cc1[N+](=O)[O-]. The quantitative estimate of drug-likeness (QED) is 0.560.